The number of aliphatic hydroxyl groups excluding tert-OH is 1. The van der Waals surface area contributed by atoms with Gasteiger partial charge < -0.3 is 15.5 Å². The Morgan fingerprint density at radius 3 is 2.84 bits per heavy atom. The monoisotopic (exact) mass is 429 g/mol. The van der Waals surface area contributed by atoms with Crippen LogP contribution < -0.4 is 5.32 Å². The summed E-state index contributed by atoms with van der Waals surface area (Å²) in [6, 6.07) is 6.60. The largest absolute Gasteiger partial charge is 0.388 e. The van der Waals surface area contributed by atoms with Gasteiger partial charge in [-0.3, -0.25) is 4.68 Å². The van der Waals surface area contributed by atoms with Crippen molar-refractivity contribution in [2.24, 2.45) is 0 Å². The Labute approximate surface area is 178 Å². The molecule has 7 nitrogen and oxygen atoms in total. The van der Waals surface area contributed by atoms with Crippen molar-refractivity contribution in [2.45, 2.75) is 57.3 Å². The van der Waals surface area contributed by atoms with Gasteiger partial charge in [0.2, 0.25) is 5.95 Å². The molecule has 0 saturated heterocycles. The van der Waals surface area contributed by atoms with Crippen LogP contribution in [0.2, 0.25) is 0 Å². The Hall–Kier alpha value is -2.91. The lowest BCUT2D eigenvalue weighted by molar-refractivity contribution is -0.112. The highest BCUT2D eigenvalue weighted by molar-refractivity contribution is 5.70. The van der Waals surface area contributed by atoms with Gasteiger partial charge in [0.05, 0.1) is 17.8 Å². The molecule has 0 bridgehead atoms. The van der Waals surface area contributed by atoms with E-state index in [1.165, 1.54) is 12.3 Å². The molecule has 3 unspecified atom stereocenters. The Balaban J connectivity index is 1.59. The highest BCUT2D eigenvalue weighted by atomic mass is 19.3. The first-order chi connectivity index (χ1) is 14.7. The molecular weight excluding hydrogens is 404 g/mol. The third kappa shape index (κ3) is 4.57. The highest BCUT2D eigenvalue weighted by Crippen LogP contribution is 2.36. The molecule has 1 fully saturated rings. The van der Waals surface area contributed by atoms with E-state index in [-0.39, 0.29) is 17.7 Å². The minimum Gasteiger partial charge on any atom is -0.388 e. The average molecular weight is 429 g/mol. The first-order valence-electron chi connectivity index (χ1n) is 10.2. The van der Waals surface area contributed by atoms with E-state index < -0.39 is 18.1 Å². The number of aromatic nitrogens is 4. The molecule has 31 heavy (non-hydrogen) atoms. The molecule has 1 saturated carbocycles. The fourth-order valence-electron chi connectivity index (χ4n) is 4.04. The third-order valence-corrected chi connectivity index (χ3v) is 5.69. The van der Waals surface area contributed by atoms with Gasteiger partial charge in [-0.2, -0.15) is 5.10 Å². The number of alkyl halides is 2. The fourth-order valence-corrected chi connectivity index (χ4v) is 4.04. The van der Waals surface area contributed by atoms with E-state index in [1.54, 1.807) is 17.8 Å². The first-order valence-corrected chi connectivity index (χ1v) is 10.2. The number of nitrogens with zero attached hydrogens (tertiary/aromatic N) is 4. The number of hydrogen-bond acceptors (Lipinski definition) is 6. The molecule has 2 heterocycles. The number of anilines is 2. The van der Waals surface area contributed by atoms with E-state index in [2.05, 4.69) is 20.4 Å². The van der Waals surface area contributed by atoms with Crippen molar-refractivity contribution < 1.29 is 19.0 Å². The van der Waals surface area contributed by atoms with Crippen molar-refractivity contribution in [3.8, 4) is 11.1 Å². The summed E-state index contributed by atoms with van der Waals surface area (Å²) in [5.41, 5.74) is 1.85. The van der Waals surface area contributed by atoms with Crippen LogP contribution in [-0.4, -0.2) is 41.7 Å². The lowest BCUT2D eigenvalue weighted by Gasteiger charge is -2.39. The summed E-state index contributed by atoms with van der Waals surface area (Å²) in [5, 5.41) is 28.4. The molecule has 1 aliphatic carbocycles. The number of aliphatic hydroxyl groups is 2. The molecule has 9 heteroatoms. The normalized spacial score (nSPS) is 23.8. The summed E-state index contributed by atoms with van der Waals surface area (Å²) in [6.45, 7) is 3.58. The van der Waals surface area contributed by atoms with Crippen LogP contribution in [-0.2, 0) is 0 Å². The van der Waals surface area contributed by atoms with E-state index in [1.807, 2.05) is 31.3 Å². The molecule has 0 spiro atoms. The first kappa shape index (κ1) is 21.3. The fraction of sp³-hybridized carbons (Fsp3) is 0.409. The summed E-state index contributed by atoms with van der Waals surface area (Å²) in [4.78, 5) is 7.86. The van der Waals surface area contributed by atoms with Gasteiger partial charge in [0.1, 0.15) is 11.8 Å². The topological polar surface area (TPSA) is 96.1 Å². The number of benzene rings is 1. The van der Waals surface area contributed by atoms with Crippen LogP contribution in [0.5, 0.6) is 0 Å². The Morgan fingerprint density at radius 2 is 2.06 bits per heavy atom. The van der Waals surface area contributed by atoms with Crippen LogP contribution >= 0.6 is 0 Å². The van der Waals surface area contributed by atoms with Crippen molar-refractivity contribution in [1.29, 1.82) is 0 Å². The summed E-state index contributed by atoms with van der Waals surface area (Å²) in [7, 11) is 0. The molecular formula is C22H25F2N5O2. The number of halogens is 2. The van der Waals surface area contributed by atoms with E-state index in [9.17, 15) is 19.0 Å². The standard InChI is InChI=1S/C22H25F2N5O2/c1-13-8-14(10-16(9-13)27-21-25-7-5-17(28-21)20(23)24)15-11-26-29(12-15)18-4-3-6-22(2,31)19(18)30/h5,7-12,18-20,30-31H,3-4,6H2,1-2H3,(H,25,27,28). The maximum Gasteiger partial charge on any atom is 0.280 e. The Morgan fingerprint density at radius 1 is 1.26 bits per heavy atom. The van der Waals surface area contributed by atoms with Crippen LogP contribution in [0.3, 0.4) is 0 Å². The second kappa shape index (κ2) is 8.32. The second-order valence-corrected chi connectivity index (χ2v) is 8.29. The van der Waals surface area contributed by atoms with Crippen molar-refractivity contribution in [1.82, 2.24) is 19.7 Å². The number of nitrogens with one attached hydrogen (secondary N) is 1. The minimum atomic E-state index is -2.67. The van der Waals surface area contributed by atoms with Crippen LogP contribution in [0.15, 0.2) is 42.9 Å². The third-order valence-electron chi connectivity index (χ3n) is 5.69. The molecule has 0 radical (unpaired) electrons. The summed E-state index contributed by atoms with van der Waals surface area (Å²) in [6.07, 6.45) is 3.38. The van der Waals surface area contributed by atoms with Crippen LogP contribution in [0.25, 0.3) is 11.1 Å². The Bertz CT molecular complexity index is 1070. The van der Waals surface area contributed by atoms with Gasteiger partial charge in [-0.1, -0.05) is 6.07 Å². The molecule has 3 aromatic rings. The van der Waals surface area contributed by atoms with Crippen LogP contribution in [0, 0.1) is 6.92 Å². The molecule has 1 aromatic carbocycles. The average Bonchev–Trinajstić information content (AvgIpc) is 3.20. The zero-order valence-corrected chi connectivity index (χ0v) is 17.3. The minimum absolute atomic E-state index is 0.0950. The van der Waals surface area contributed by atoms with Gasteiger partial charge in [0.25, 0.3) is 6.43 Å². The molecule has 1 aliphatic rings. The molecule has 2 aromatic heterocycles. The van der Waals surface area contributed by atoms with Gasteiger partial charge in [0, 0.05) is 23.6 Å². The predicted molar refractivity (Wildman–Crippen MR) is 112 cm³/mol. The van der Waals surface area contributed by atoms with E-state index in [0.717, 1.165) is 29.5 Å². The number of hydrogen-bond donors (Lipinski definition) is 3. The summed E-state index contributed by atoms with van der Waals surface area (Å²) in [5.74, 6) is 0.0950. The maximum atomic E-state index is 12.9. The van der Waals surface area contributed by atoms with E-state index in [0.29, 0.717) is 12.1 Å². The molecule has 3 N–H and O–H groups in total. The molecule has 0 amide bonds. The number of rotatable bonds is 5. The quantitative estimate of drug-likeness (QED) is 0.564. The van der Waals surface area contributed by atoms with Crippen molar-refractivity contribution in [2.75, 3.05) is 5.32 Å². The van der Waals surface area contributed by atoms with Gasteiger partial charge in [-0.15, -0.1) is 0 Å². The van der Waals surface area contributed by atoms with E-state index >= 15 is 0 Å². The molecule has 0 aliphatic heterocycles. The SMILES string of the molecule is Cc1cc(Nc2nccc(C(F)F)n2)cc(-c2cnn(C3CCCC(C)(O)C3O)c2)c1. The summed E-state index contributed by atoms with van der Waals surface area (Å²) >= 11 is 0. The summed E-state index contributed by atoms with van der Waals surface area (Å²) < 4.78 is 27.5. The van der Waals surface area contributed by atoms with Gasteiger partial charge in [-0.25, -0.2) is 18.7 Å². The van der Waals surface area contributed by atoms with Crippen LogP contribution in [0.4, 0.5) is 20.4 Å². The zero-order valence-electron chi connectivity index (χ0n) is 17.3. The van der Waals surface area contributed by atoms with Gasteiger partial charge in [-0.05, 0) is 62.4 Å². The zero-order chi connectivity index (χ0) is 22.2. The second-order valence-electron chi connectivity index (χ2n) is 8.29. The lowest BCUT2D eigenvalue weighted by Crippen LogP contribution is -2.48. The van der Waals surface area contributed by atoms with Gasteiger partial charge >= 0.3 is 0 Å². The Kier molecular flexibility index (Phi) is 5.72. The smallest absolute Gasteiger partial charge is 0.280 e. The van der Waals surface area contributed by atoms with Crippen molar-refractivity contribution in [3.63, 3.8) is 0 Å². The van der Waals surface area contributed by atoms with Crippen molar-refractivity contribution in [3.05, 3.63) is 54.1 Å². The van der Waals surface area contributed by atoms with Crippen molar-refractivity contribution >= 4 is 11.6 Å². The highest BCUT2D eigenvalue weighted by Gasteiger charge is 2.41. The number of aryl methyl sites for hydroxylation is 1. The molecule has 4 rings (SSSR count). The van der Waals surface area contributed by atoms with Gasteiger partial charge in [0.15, 0.2) is 0 Å². The maximum absolute atomic E-state index is 12.9. The molecule has 3 atom stereocenters. The predicted octanol–water partition coefficient (Wildman–Crippen LogP) is 4.17. The molecule has 164 valence electrons. The van der Waals surface area contributed by atoms with Crippen LogP contribution in [0.1, 0.15) is 49.9 Å². The van der Waals surface area contributed by atoms with E-state index in [4.69, 9.17) is 0 Å². The lowest BCUT2D eigenvalue weighted by atomic mass is 9.80.